The largest absolute Gasteiger partial charge is 0.494 e. The first-order chi connectivity index (χ1) is 23.3. The second-order valence-electron chi connectivity index (χ2n) is 13.9. The molecule has 0 saturated heterocycles. The number of carboxylic acid groups (broad SMARTS) is 1. The minimum absolute atomic E-state index is 0.0233. The predicted octanol–water partition coefficient (Wildman–Crippen LogP) is 7.36. The Morgan fingerprint density at radius 2 is 1.55 bits per heavy atom. The average molecular weight is 674 g/mol. The van der Waals surface area contributed by atoms with Crippen molar-refractivity contribution in [3.05, 3.63) is 126 Å². The Morgan fingerprint density at radius 3 is 2.22 bits per heavy atom. The van der Waals surface area contributed by atoms with Gasteiger partial charge in [0.2, 0.25) is 5.88 Å². The first-order valence-electron chi connectivity index (χ1n) is 16.1. The number of para-hydroxylation sites is 1. The Balaban J connectivity index is 1.40. The lowest BCUT2D eigenvalue weighted by Gasteiger charge is -2.48. The molecular weight excluding hydrogens is 639 g/mol. The van der Waals surface area contributed by atoms with Crippen molar-refractivity contribution < 1.29 is 19.4 Å². The topological polar surface area (TPSA) is 118 Å². The van der Waals surface area contributed by atoms with Gasteiger partial charge in [-0.25, -0.2) is 9.59 Å². The lowest BCUT2D eigenvalue weighted by atomic mass is 9.69. The number of carboxylic acids is 1. The van der Waals surface area contributed by atoms with E-state index in [1.54, 1.807) is 36.4 Å². The van der Waals surface area contributed by atoms with Gasteiger partial charge in [0.15, 0.2) is 4.77 Å². The summed E-state index contributed by atoms with van der Waals surface area (Å²) >= 11 is 5.68. The van der Waals surface area contributed by atoms with Crippen LogP contribution in [0.3, 0.4) is 0 Å². The molecule has 49 heavy (non-hydrogen) atoms. The molecule has 2 N–H and O–H groups in total. The van der Waals surface area contributed by atoms with Crippen LogP contribution in [0.15, 0.2) is 86.5 Å². The van der Waals surface area contributed by atoms with Gasteiger partial charge >= 0.3 is 11.6 Å². The van der Waals surface area contributed by atoms with Gasteiger partial charge in [0.25, 0.3) is 5.56 Å². The SMILES string of the molecule is CC1(C)CCN2CCC(C)(C)c3c2c1cc1cc(C=C=Cc2c(O)n(-c4ccc(C(=O)O)cc4)c(=S)n(-c4ccccc4)c2=O)c(=O)oc31. The molecule has 0 bridgehead atoms. The number of fused-ring (bicyclic) bond motifs is 2. The number of hydrogen-bond donors (Lipinski definition) is 2. The molecule has 0 radical (unpaired) electrons. The first kappa shape index (κ1) is 32.1. The van der Waals surface area contributed by atoms with Gasteiger partial charge in [0, 0.05) is 29.7 Å². The molecule has 0 unspecified atom stereocenters. The number of anilines is 1. The number of benzene rings is 3. The van der Waals surface area contributed by atoms with Crippen LogP contribution in [0.4, 0.5) is 5.69 Å². The van der Waals surface area contributed by atoms with Crippen molar-refractivity contribution in [2.75, 3.05) is 18.0 Å². The van der Waals surface area contributed by atoms with Gasteiger partial charge in [-0.2, -0.15) is 0 Å². The van der Waals surface area contributed by atoms with Crippen LogP contribution in [-0.2, 0) is 10.8 Å². The molecule has 0 aliphatic carbocycles. The molecule has 4 heterocycles. The van der Waals surface area contributed by atoms with Crippen molar-refractivity contribution in [1.82, 2.24) is 9.13 Å². The summed E-state index contributed by atoms with van der Waals surface area (Å²) < 4.78 is 8.61. The molecule has 3 aromatic carbocycles. The van der Waals surface area contributed by atoms with Gasteiger partial charge in [0.05, 0.1) is 22.5 Å². The van der Waals surface area contributed by atoms with Gasteiger partial charge in [-0.15, -0.1) is 5.73 Å². The Kier molecular flexibility index (Phi) is 7.61. The summed E-state index contributed by atoms with van der Waals surface area (Å²) in [5, 5.41) is 21.6. The van der Waals surface area contributed by atoms with Crippen molar-refractivity contribution in [3.8, 4) is 17.3 Å². The van der Waals surface area contributed by atoms with E-state index in [2.05, 4.69) is 44.4 Å². The van der Waals surface area contributed by atoms with Crippen LogP contribution in [0.1, 0.15) is 73.1 Å². The highest BCUT2D eigenvalue weighted by molar-refractivity contribution is 7.71. The van der Waals surface area contributed by atoms with Crippen LogP contribution in [0.2, 0.25) is 0 Å². The quantitative estimate of drug-likeness (QED) is 0.113. The zero-order valence-corrected chi connectivity index (χ0v) is 28.4. The van der Waals surface area contributed by atoms with Crippen LogP contribution in [0, 0.1) is 4.77 Å². The summed E-state index contributed by atoms with van der Waals surface area (Å²) in [6.45, 7) is 10.8. The summed E-state index contributed by atoms with van der Waals surface area (Å²) in [5.41, 5.74) is 6.64. The normalized spacial score (nSPS) is 15.7. The lowest BCUT2D eigenvalue weighted by Crippen LogP contribution is -2.44. The van der Waals surface area contributed by atoms with E-state index < -0.39 is 23.0 Å². The van der Waals surface area contributed by atoms with E-state index in [4.69, 9.17) is 16.6 Å². The van der Waals surface area contributed by atoms with E-state index >= 15 is 0 Å². The fraction of sp³-hybridized carbons (Fsp3) is 0.256. The van der Waals surface area contributed by atoms with Gasteiger partial charge in [-0.1, -0.05) is 45.9 Å². The maximum Gasteiger partial charge on any atom is 0.344 e. The molecule has 248 valence electrons. The van der Waals surface area contributed by atoms with Gasteiger partial charge in [0.1, 0.15) is 11.1 Å². The molecule has 0 amide bonds. The van der Waals surface area contributed by atoms with Crippen molar-refractivity contribution in [1.29, 1.82) is 0 Å². The lowest BCUT2D eigenvalue weighted by molar-refractivity contribution is 0.0697. The van der Waals surface area contributed by atoms with Crippen molar-refractivity contribution >= 4 is 47.0 Å². The zero-order valence-electron chi connectivity index (χ0n) is 27.6. The minimum Gasteiger partial charge on any atom is -0.494 e. The Labute approximate surface area is 287 Å². The summed E-state index contributed by atoms with van der Waals surface area (Å²) in [5.74, 6) is -1.56. The third-order valence-electron chi connectivity index (χ3n) is 9.88. The second-order valence-corrected chi connectivity index (χ2v) is 14.3. The van der Waals surface area contributed by atoms with Crippen LogP contribution >= 0.6 is 12.2 Å². The van der Waals surface area contributed by atoms with E-state index in [9.17, 15) is 24.6 Å². The van der Waals surface area contributed by atoms with Crippen LogP contribution in [-0.4, -0.2) is 38.4 Å². The highest BCUT2D eigenvalue weighted by atomic mass is 32.1. The second kappa shape index (κ2) is 11.6. The highest BCUT2D eigenvalue weighted by Crippen LogP contribution is 2.51. The fourth-order valence-electron chi connectivity index (χ4n) is 7.01. The summed E-state index contributed by atoms with van der Waals surface area (Å²) in [7, 11) is 0. The number of aromatic carboxylic acids is 1. The number of aromatic hydroxyl groups is 1. The molecule has 0 spiro atoms. The molecule has 0 atom stereocenters. The van der Waals surface area contributed by atoms with E-state index in [1.807, 2.05) is 0 Å². The van der Waals surface area contributed by atoms with E-state index in [-0.39, 0.29) is 32.3 Å². The monoisotopic (exact) mass is 673 g/mol. The van der Waals surface area contributed by atoms with Gasteiger partial charge in [-0.3, -0.25) is 13.9 Å². The molecule has 5 aromatic rings. The Morgan fingerprint density at radius 1 is 0.898 bits per heavy atom. The summed E-state index contributed by atoms with van der Waals surface area (Å²) in [6, 6.07) is 18.4. The number of carbonyl (C=O) groups is 1. The van der Waals surface area contributed by atoms with Crippen LogP contribution < -0.4 is 16.1 Å². The number of aromatic nitrogens is 2. The van der Waals surface area contributed by atoms with Gasteiger partial charge in [-0.05, 0) is 102 Å². The van der Waals surface area contributed by atoms with Crippen LogP contribution in [0.25, 0.3) is 34.5 Å². The van der Waals surface area contributed by atoms with Crippen molar-refractivity contribution in [3.63, 3.8) is 0 Å². The molecule has 2 aromatic heterocycles. The van der Waals surface area contributed by atoms with Crippen LogP contribution in [0.5, 0.6) is 5.88 Å². The van der Waals surface area contributed by atoms with E-state index in [0.717, 1.165) is 36.9 Å². The summed E-state index contributed by atoms with van der Waals surface area (Å²) in [6.07, 6.45) is 4.72. The highest BCUT2D eigenvalue weighted by Gasteiger charge is 2.41. The Hall–Kier alpha value is -5.44. The molecular formula is C39H35N3O6S. The minimum atomic E-state index is -1.10. The number of hydrogen-bond acceptors (Lipinski definition) is 7. The third kappa shape index (κ3) is 5.33. The standard InChI is InChI=1S/C39H35N3O6S/c1-38(2)17-19-40-20-18-39(3,4)30-31(40)29(38)22-25-21-24(36(47)48-32(25)30)9-8-12-28-33(43)41(26-10-6-5-7-11-26)37(49)42(34(28)44)27-15-13-23(14-16-27)35(45)46/h5-7,9-16,21-22,44H,17-20H2,1-4H3,(H,45,46). The maximum atomic E-state index is 13.9. The fourth-order valence-corrected chi connectivity index (χ4v) is 7.39. The third-order valence-corrected chi connectivity index (χ3v) is 10.2. The van der Waals surface area contributed by atoms with Crippen molar-refractivity contribution in [2.24, 2.45) is 0 Å². The number of rotatable bonds is 5. The molecule has 10 heteroatoms. The number of nitrogens with zero attached hydrogens (tertiary/aromatic N) is 3. The van der Waals surface area contributed by atoms with E-state index in [1.165, 1.54) is 56.8 Å². The maximum absolute atomic E-state index is 13.9. The first-order valence-corrected chi connectivity index (χ1v) is 16.5. The van der Waals surface area contributed by atoms with Crippen molar-refractivity contribution in [2.45, 2.75) is 51.4 Å². The molecule has 0 saturated carbocycles. The summed E-state index contributed by atoms with van der Waals surface area (Å²) in [4.78, 5) is 41.2. The molecule has 7 rings (SSSR count). The average Bonchev–Trinajstić information content (AvgIpc) is 3.06. The molecule has 0 fully saturated rings. The molecule has 2 aliphatic heterocycles. The van der Waals surface area contributed by atoms with Gasteiger partial charge < -0.3 is 19.5 Å². The Bertz CT molecular complexity index is 2430. The van der Waals surface area contributed by atoms with E-state index in [0.29, 0.717) is 17.0 Å². The molecule has 2 aliphatic rings. The molecule has 9 nitrogen and oxygen atoms in total. The predicted molar refractivity (Wildman–Crippen MR) is 193 cm³/mol. The zero-order chi connectivity index (χ0) is 34.8. The smallest absolute Gasteiger partial charge is 0.344 e.